The van der Waals surface area contributed by atoms with Crippen molar-refractivity contribution in [3.05, 3.63) is 59.7 Å². The predicted molar refractivity (Wildman–Crippen MR) is 96.0 cm³/mol. The highest BCUT2D eigenvalue weighted by Crippen LogP contribution is 2.38. The van der Waals surface area contributed by atoms with E-state index in [4.69, 9.17) is 14.5 Å². The van der Waals surface area contributed by atoms with Crippen LogP contribution in [0, 0.1) is 0 Å². The Morgan fingerprint density at radius 2 is 1.32 bits per heavy atom. The standard InChI is InChI=1S/C19H21N3O3/c1-22(2)18-20-17(23)19(21-18,13-5-9-15(24-3)10-6-13)14-7-11-16(25-4)12-8-14/h5-12H,1-4H3,(H,20,21,23). The Labute approximate surface area is 147 Å². The number of aliphatic imine (C=N–C) groups is 1. The molecule has 0 aromatic heterocycles. The first-order chi connectivity index (χ1) is 12.0. The molecule has 1 amide bonds. The zero-order valence-electron chi connectivity index (χ0n) is 14.7. The lowest BCUT2D eigenvalue weighted by molar-refractivity contribution is -0.122. The maximum absolute atomic E-state index is 13.0. The van der Waals surface area contributed by atoms with Crippen LogP contribution in [0.5, 0.6) is 11.5 Å². The van der Waals surface area contributed by atoms with E-state index < -0.39 is 5.54 Å². The number of amides is 1. The lowest BCUT2D eigenvalue weighted by Crippen LogP contribution is -2.40. The SMILES string of the molecule is COc1ccc(C2(c3ccc(OC)cc3)N=C(N(C)C)NC2=O)cc1. The third-order valence-electron chi connectivity index (χ3n) is 4.27. The Kier molecular flexibility index (Phi) is 4.35. The summed E-state index contributed by atoms with van der Waals surface area (Å²) in [5.74, 6) is 1.79. The predicted octanol–water partition coefficient (Wildman–Crippen LogP) is 1.99. The summed E-state index contributed by atoms with van der Waals surface area (Å²) < 4.78 is 10.5. The molecule has 0 fully saturated rings. The molecular formula is C19H21N3O3. The number of nitrogens with one attached hydrogen (secondary N) is 1. The molecule has 0 bridgehead atoms. The molecule has 130 valence electrons. The number of hydrogen-bond acceptors (Lipinski definition) is 5. The summed E-state index contributed by atoms with van der Waals surface area (Å²) in [4.78, 5) is 19.5. The summed E-state index contributed by atoms with van der Waals surface area (Å²) in [7, 11) is 6.91. The molecule has 0 saturated carbocycles. The minimum atomic E-state index is -1.14. The van der Waals surface area contributed by atoms with Crippen molar-refractivity contribution in [1.82, 2.24) is 10.2 Å². The van der Waals surface area contributed by atoms with Crippen LogP contribution < -0.4 is 14.8 Å². The quantitative estimate of drug-likeness (QED) is 0.925. The van der Waals surface area contributed by atoms with Crippen LogP contribution in [0.25, 0.3) is 0 Å². The molecule has 0 saturated heterocycles. The van der Waals surface area contributed by atoms with Gasteiger partial charge in [0.15, 0.2) is 5.54 Å². The van der Waals surface area contributed by atoms with Crippen molar-refractivity contribution in [2.45, 2.75) is 5.54 Å². The van der Waals surface area contributed by atoms with E-state index in [1.165, 1.54) is 0 Å². The fraction of sp³-hybridized carbons (Fsp3) is 0.263. The fourth-order valence-electron chi connectivity index (χ4n) is 2.86. The number of nitrogens with zero attached hydrogens (tertiary/aromatic N) is 2. The maximum atomic E-state index is 13.0. The summed E-state index contributed by atoms with van der Waals surface area (Å²) in [5.41, 5.74) is 0.402. The summed E-state index contributed by atoms with van der Waals surface area (Å²) in [6.07, 6.45) is 0. The monoisotopic (exact) mass is 339 g/mol. The number of guanidine groups is 1. The smallest absolute Gasteiger partial charge is 0.263 e. The molecule has 2 aromatic rings. The molecular weight excluding hydrogens is 318 g/mol. The minimum absolute atomic E-state index is 0.188. The first-order valence-electron chi connectivity index (χ1n) is 7.89. The van der Waals surface area contributed by atoms with E-state index in [1.54, 1.807) is 19.1 Å². The van der Waals surface area contributed by atoms with Crippen molar-refractivity contribution in [2.75, 3.05) is 28.3 Å². The highest BCUT2D eigenvalue weighted by Gasteiger charge is 2.47. The van der Waals surface area contributed by atoms with Gasteiger partial charge in [0.1, 0.15) is 11.5 Å². The van der Waals surface area contributed by atoms with Gasteiger partial charge in [-0.05, 0) is 35.4 Å². The van der Waals surface area contributed by atoms with Crippen LogP contribution in [0.3, 0.4) is 0 Å². The van der Waals surface area contributed by atoms with Crippen molar-refractivity contribution in [3.8, 4) is 11.5 Å². The molecule has 1 aliphatic rings. The van der Waals surface area contributed by atoms with Gasteiger partial charge in [-0.25, -0.2) is 4.99 Å². The Hall–Kier alpha value is -3.02. The van der Waals surface area contributed by atoms with E-state index in [0.717, 1.165) is 22.6 Å². The Morgan fingerprint density at radius 1 is 0.880 bits per heavy atom. The third kappa shape index (κ3) is 2.80. The van der Waals surface area contributed by atoms with E-state index in [2.05, 4.69) is 5.32 Å². The fourth-order valence-corrected chi connectivity index (χ4v) is 2.86. The maximum Gasteiger partial charge on any atom is 0.263 e. The second kappa shape index (κ2) is 6.47. The highest BCUT2D eigenvalue weighted by molar-refractivity contribution is 6.09. The number of ether oxygens (including phenoxy) is 2. The normalized spacial score (nSPS) is 15.4. The van der Waals surface area contributed by atoms with Crippen molar-refractivity contribution in [1.29, 1.82) is 0 Å². The molecule has 25 heavy (non-hydrogen) atoms. The van der Waals surface area contributed by atoms with Crippen LogP contribution in [0.15, 0.2) is 53.5 Å². The van der Waals surface area contributed by atoms with E-state index in [1.807, 2.05) is 62.6 Å². The number of benzene rings is 2. The molecule has 1 aliphatic heterocycles. The number of carbonyl (C=O) groups is 1. The molecule has 6 nitrogen and oxygen atoms in total. The van der Waals surface area contributed by atoms with Gasteiger partial charge in [0.05, 0.1) is 14.2 Å². The number of methoxy groups -OCH3 is 2. The molecule has 0 atom stereocenters. The van der Waals surface area contributed by atoms with Gasteiger partial charge in [-0.3, -0.25) is 10.1 Å². The molecule has 0 unspecified atom stereocenters. The largest absolute Gasteiger partial charge is 0.497 e. The zero-order chi connectivity index (χ0) is 18.0. The second-order valence-electron chi connectivity index (χ2n) is 5.95. The van der Waals surface area contributed by atoms with E-state index in [9.17, 15) is 4.79 Å². The van der Waals surface area contributed by atoms with E-state index in [0.29, 0.717) is 5.96 Å². The first kappa shape index (κ1) is 16.8. The average Bonchev–Trinajstić information content (AvgIpc) is 3.00. The van der Waals surface area contributed by atoms with Crippen LogP contribution in [0.1, 0.15) is 11.1 Å². The Bertz CT molecular complexity index is 748. The van der Waals surface area contributed by atoms with Crippen molar-refractivity contribution < 1.29 is 14.3 Å². The Balaban J connectivity index is 2.18. The van der Waals surface area contributed by atoms with Crippen molar-refractivity contribution in [3.63, 3.8) is 0 Å². The van der Waals surface area contributed by atoms with Gasteiger partial charge in [0.2, 0.25) is 5.96 Å². The van der Waals surface area contributed by atoms with Gasteiger partial charge in [-0.15, -0.1) is 0 Å². The second-order valence-corrected chi connectivity index (χ2v) is 5.95. The van der Waals surface area contributed by atoms with Crippen LogP contribution >= 0.6 is 0 Å². The van der Waals surface area contributed by atoms with Gasteiger partial charge < -0.3 is 14.4 Å². The topological polar surface area (TPSA) is 63.2 Å². The highest BCUT2D eigenvalue weighted by atomic mass is 16.5. The zero-order valence-corrected chi connectivity index (χ0v) is 14.7. The van der Waals surface area contributed by atoms with E-state index >= 15 is 0 Å². The van der Waals surface area contributed by atoms with Crippen molar-refractivity contribution >= 4 is 11.9 Å². The van der Waals surface area contributed by atoms with Gasteiger partial charge in [-0.1, -0.05) is 24.3 Å². The third-order valence-corrected chi connectivity index (χ3v) is 4.27. The average molecular weight is 339 g/mol. The van der Waals surface area contributed by atoms with Crippen LogP contribution in [-0.2, 0) is 10.3 Å². The number of rotatable bonds is 4. The Morgan fingerprint density at radius 3 is 1.64 bits per heavy atom. The summed E-state index contributed by atoms with van der Waals surface area (Å²) in [6, 6.07) is 14.8. The van der Waals surface area contributed by atoms with Crippen molar-refractivity contribution in [2.24, 2.45) is 4.99 Å². The molecule has 2 aromatic carbocycles. The summed E-state index contributed by atoms with van der Waals surface area (Å²) in [5, 5.41) is 2.87. The van der Waals surface area contributed by atoms with Gasteiger partial charge >= 0.3 is 0 Å². The van der Waals surface area contributed by atoms with Gasteiger partial charge in [-0.2, -0.15) is 0 Å². The van der Waals surface area contributed by atoms with Gasteiger partial charge in [0, 0.05) is 14.1 Å². The molecule has 0 radical (unpaired) electrons. The number of carbonyl (C=O) groups excluding carboxylic acids is 1. The molecule has 0 spiro atoms. The van der Waals surface area contributed by atoms with Crippen LogP contribution in [0.4, 0.5) is 0 Å². The molecule has 1 N–H and O–H groups in total. The number of hydrogen-bond donors (Lipinski definition) is 1. The summed E-state index contributed by atoms with van der Waals surface area (Å²) in [6.45, 7) is 0. The molecule has 1 heterocycles. The van der Waals surface area contributed by atoms with Crippen LogP contribution in [0.2, 0.25) is 0 Å². The van der Waals surface area contributed by atoms with Crippen LogP contribution in [-0.4, -0.2) is 45.1 Å². The summed E-state index contributed by atoms with van der Waals surface area (Å²) >= 11 is 0. The molecule has 3 rings (SSSR count). The van der Waals surface area contributed by atoms with E-state index in [-0.39, 0.29) is 5.91 Å². The minimum Gasteiger partial charge on any atom is -0.497 e. The first-order valence-corrected chi connectivity index (χ1v) is 7.89. The molecule has 0 aliphatic carbocycles. The van der Waals surface area contributed by atoms with Gasteiger partial charge in [0.25, 0.3) is 5.91 Å². The lowest BCUT2D eigenvalue weighted by Gasteiger charge is -2.25. The lowest BCUT2D eigenvalue weighted by atomic mass is 9.83. The molecule has 6 heteroatoms.